The molecule has 0 heterocycles. The first-order valence-corrected chi connectivity index (χ1v) is 11.3. The van der Waals surface area contributed by atoms with Crippen LogP contribution in [0.1, 0.15) is 56.0 Å². The summed E-state index contributed by atoms with van der Waals surface area (Å²) in [6.07, 6.45) is -2.67. The molecule has 190 valence electrons. The molecule has 35 heavy (non-hydrogen) atoms. The van der Waals surface area contributed by atoms with Crippen LogP contribution in [0, 0.1) is 29.4 Å². The smallest absolute Gasteiger partial charge is 0.420 e. The molecule has 0 bridgehead atoms. The Hall–Kier alpha value is -3.17. The molecule has 3 rings (SSSR count). The molecular weight excluding hydrogens is 471 g/mol. The number of ether oxygens (including phenoxy) is 1. The second-order valence-electron chi connectivity index (χ2n) is 9.20. The molecule has 1 aliphatic rings. The molecule has 0 aromatic heterocycles. The number of amides is 3. The van der Waals surface area contributed by atoms with Gasteiger partial charge in [-0.3, -0.25) is 10.1 Å². The minimum absolute atomic E-state index is 0.112. The van der Waals surface area contributed by atoms with Crippen molar-refractivity contribution in [1.29, 1.82) is 0 Å². The molecule has 0 saturated heterocycles. The number of benzene rings is 2. The van der Waals surface area contributed by atoms with E-state index in [-0.39, 0.29) is 29.4 Å². The zero-order valence-corrected chi connectivity index (χ0v) is 19.5. The van der Waals surface area contributed by atoms with E-state index in [2.05, 4.69) is 5.32 Å². The SMILES string of the molecule is CC1CCC(C(C)C)C(Oc2ccc(NC(=O)NC(=O)c3c(F)cccc3F)cc2C(F)(F)F)C1. The summed E-state index contributed by atoms with van der Waals surface area (Å²) >= 11 is 0. The number of anilines is 1. The highest BCUT2D eigenvalue weighted by molar-refractivity contribution is 6.08. The van der Waals surface area contributed by atoms with Crippen LogP contribution in [0.15, 0.2) is 36.4 Å². The van der Waals surface area contributed by atoms with E-state index in [1.807, 2.05) is 20.8 Å². The van der Waals surface area contributed by atoms with Gasteiger partial charge in [-0.25, -0.2) is 13.6 Å². The van der Waals surface area contributed by atoms with E-state index in [1.165, 1.54) is 6.07 Å². The number of halogens is 5. The fourth-order valence-electron chi connectivity index (χ4n) is 4.39. The first-order chi connectivity index (χ1) is 16.4. The van der Waals surface area contributed by atoms with E-state index >= 15 is 0 Å². The number of imide groups is 1. The summed E-state index contributed by atoms with van der Waals surface area (Å²) in [5.41, 5.74) is -2.34. The molecule has 0 spiro atoms. The van der Waals surface area contributed by atoms with Crippen LogP contribution in [-0.4, -0.2) is 18.0 Å². The lowest BCUT2D eigenvalue weighted by atomic mass is 9.75. The van der Waals surface area contributed by atoms with Gasteiger partial charge in [0.1, 0.15) is 29.1 Å². The number of alkyl halides is 3. The van der Waals surface area contributed by atoms with Gasteiger partial charge in [-0.05, 0) is 60.9 Å². The van der Waals surface area contributed by atoms with Crippen molar-refractivity contribution in [3.8, 4) is 5.75 Å². The van der Waals surface area contributed by atoms with Crippen LogP contribution in [0.25, 0.3) is 0 Å². The Morgan fingerprint density at radius 1 is 1.06 bits per heavy atom. The molecule has 3 amide bonds. The first-order valence-electron chi connectivity index (χ1n) is 11.3. The van der Waals surface area contributed by atoms with Gasteiger partial charge in [0.15, 0.2) is 0 Å². The second-order valence-corrected chi connectivity index (χ2v) is 9.20. The number of carbonyl (C=O) groups excluding carboxylic acids is 2. The van der Waals surface area contributed by atoms with Gasteiger partial charge < -0.3 is 10.1 Å². The maximum absolute atomic E-state index is 13.8. The zero-order chi connectivity index (χ0) is 25.9. The Morgan fingerprint density at radius 2 is 1.71 bits per heavy atom. The lowest BCUT2D eigenvalue weighted by Crippen LogP contribution is -2.37. The van der Waals surface area contributed by atoms with Crippen molar-refractivity contribution in [2.75, 3.05) is 5.32 Å². The topological polar surface area (TPSA) is 67.4 Å². The van der Waals surface area contributed by atoms with Crippen LogP contribution in [0.2, 0.25) is 0 Å². The van der Waals surface area contributed by atoms with Gasteiger partial charge in [0.2, 0.25) is 0 Å². The second kappa shape index (κ2) is 10.6. The predicted molar refractivity (Wildman–Crippen MR) is 120 cm³/mol. The molecule has 1 saturated carbocycles. The number of rotatable bonds is 5. The molecule has 2 aromatic rings. The van der Waals surface area contributed by atoms with Crippen LogP contribution in [0.5, 0.6) is 5.75 Å². The Morgan fingerprint density at radius 3 is 2.31 bits per heavy atom. The molecule has 2 aromatic carbocycles. The third-order valence-corrected chi connectivity index (χ3v) is 6.20. The molecule has 1 aliphatic carbocycles. The molecular formula is C25H27F5N2O3. The first kappa shape index (κ1) is 26.4. The summed E-state index contributed by atoms with van der Waals surface area (Å²) in [5, 5.41) is 3.79. The van der Waals surface area contributed by atoms with Crippen molar-refractivity contribution in [2.45, 2.75) is 52.3 Å². The Balaban J connectivity index is 1.78. The fourth-order valence-corrected chi connectivity index (χ4v) is 4.39. The average Bonchev–Trinajstić information content (AvgIpc) is 2.73. The maximum atomic E-state index is 13.8. The lowest BCUT2D eigenvalue weighted by molar-refractivity contribution is -0.139. The largest absolute Gasteiger partial charge is 0.489 e. The third kappa shape index (κ3) is 6.49. The van der Waals surface area contributed by atoms with Crippen LogP contribution in [-0.2, 0) is 6.18 Å². The molecule has 1 fully saturated rings. The molecule has 2 N–H and O–H groups in total. The van der Waals surface area contributed by atoms with Crippen molar-refractivity contribution in [2.24, 2.45) is 17.8 Å². The summed E-state index contributed by atoms with van der Waals surface area (Å²) in [4.78, 5) is 24.2. The van der Waals surface area contributed by atoms with Crippen LogP contribution < -0.4 is 15.4 Å². The van der Waals surface area contributed by atoms with Gasteiger partial charge in [0.25, 0.3) is 5.91 Å². The number of urea groups is 1. The van der Waals surface area contributed by atoms with Crippen molar-refractivity contribution in [3.63, 3.8) is 0 Å². The number of hydrogen-bond acceptors (Lipinski definition) is 3. The summed E-state index contributed by atoms with van der Waals surface area (Å²) in [5.74, 6) is -3.42. The minimum Gasteiger partial charge on any atom is -0.489 e. The Kier molecular flexibility index (Phi) is 8.02. The third-order valence-electron chi connectivity index (χ3n) is 6.20. The maximum Gasteiger partial charge on any atom is 0.420 e. The average molecular weight is 498 g/mol. The van der Waals surface area contributed by atoms with Gasteiger partial charge in [0, 0.05) is 5.69 Å². The monoisotopic (exact) mass is 498 g/mol. The highest BCUT2D eigenvalue weighted by Gasteiger charge is 2.38. The van der Waals surface area contributed by atoms with Crippen molar-refractivity contribution >= 4 is 17.6 Å². The molecule has 3 unspecified atom stereocenters. The number of hydrogen-bond donors (Lipinski definition) is 2. The Bertz CT molecular complexity index is 1070. The van der Waals surface area contributed by atoms with E-state index < -0.39 is 40.9 Å². The number of nitrogens with one attached hydrogen (secondary N) is 2. The minimum atomic E-state index is -4.77. The molecule has 3 atom stereocenters. The van der Waals surface area contributed by atoms with Gasteiger partial charge in [0.05, 0.1) is 5.56 Å². The van der Waals surface area contributed by atoms with E-state index in [4.69, 9.17) is 4.74 Å². The normalized spacial score (nSPS) is 20.4. The molecule has 10 heteroatoms. The zero-order valence-electron chi connectivity index (χ0n) is 19.5. The van der Waals surface area contributed by atoms with Gasteiger partial charge in [-0.15, -0.1) is 0 Å². The molecule has 0 radical (unpaired) electrons. The van der Waals surface area contributed by atoms with Crippen LogP contribution in [0.4, 0.5) is 32.4 Å². The quantitative estimate of drug-likeness (QED) is 0.447. The van der Waals surface area contributed by atoms with Gasteiger partial charge in [-0.2, -0.15) is 13.2 Å². The number of carbonyl (C=O) groups is 2. The molecule has 5 nitrogen and oxygen atoms in total. The Labute approximate surface area is 200 Å². The van der Waals surface area contributed by atoms with Gasteiger partial charge in [-0.1, -0.05) is 33.3 Å². The predicted octanol–water partition coefficient (Wildman–Crippen LogP) is 6.79. The van der Waals surface area contributed by atoms with Crippen LogP contribution >= 0.6 is 0 Å². The standard InChI is InChI=1S/C25H27F5N2O3/c1-13(2)16-9-7-14(3)11-21(16)35-20-10-8-15(12-17(20)25(28,29)30)31-24(34)32-23(33)22-18(26)5-4-6-19(22)27/h4-6,8,10,12-14,16,21H,7,9,11H2,1-3H3,(H2,31,32,33,34). The van der Waals surface area contributed by atoms with E-state index in [9.17, 15) is 31.5 Å². The van der Waals surface area contributed by atoms with Crippen LogP contribution in [0.3, 0.4) is 0 Å². The van der Waals surface area contributed by atoms with E-state index in [0.29, 0.717) is 18.4 Å². The summed E-state index contributed by atoms with van der Waals surface area (Å²) in [6, 6.07) is 4.48. The highest BCUT2D eigenvalue weighted by Crippen LogP contribution is 2.41. The van der Waals surface area contributed by atoms with Crippen molar-refractivity contribution in [3.05, 3.63) is 59.2 Å². The van der Waals surface area contributed by atoms with Crippen molar-refractivity contribution < 1.29 is 36.3 Å². The van der Waals surface area contributed by atoms with E-state index in [0.717, 1.165) is 37.1 Å². The summed E-state index contributed by atoms with van der Waals surface area (Å²) in [6.45, 7) is 6.07. The van der Waals surface area contributed by atoms with E-state index in [1.54, 1.807) is 5.32 Å². The summed E-state index contributed by atoms with van der Waals surface area (Å²) in [7, 11) is 0. The molecule has 0 aliphatic heterocycles. The fraction of sp³-hybridized carbons (Fsp3) is 0.440. The lowest BCUT2D eigenvalue weighted by Gasteiger charge is -2.37. The summed E-state index contributed by atoms with van der Waals surface area (Å²) < 4.78 is 74.8. The highest BCUT2D eigenvalue weighted by atomic mass is 19.4. The van der Waals surface area contributed by atoms with Gasteiger partial charge >= 0.3 is 12.2 Å². The van der Waals surface area contributed by atoms with Crippen molar-refractivity contribution in [1.82, 2.24) is 5.32 Å².